The summed E-state index contributed by atoms with van der Waals surface area (Å²) in [5, 5.41) is 18.6. The molecule has 0 aromatic rings. The van der Waals surface area contributed by atoms with Crippen LogP contribution in [-0.4, -0.2) is 77.9 Å². The number of carbonyl (C=O) groups excluding carboxylic acids is 3. The van der Waals surface area contributed by atoms with Crippen LogP contribution in [0.2, 0.25) is 0 Å². The van der Waals surface area contributed by atoms with E-state index >= 15 is 0 Å². The standard InChI is InChI=1S/C20H27N3O8/c1-4-12(2)19(27)29-11-13-9-14(31-18(26)6-5-17(24)25)15(30-13)10-23(3)8-7-16(21)22-20(23)28/h5-8,12-15H,4,9-11H2,1-3H3,(H2-,21,22,24,25,28)/p+1/b6-5-/t12-,13-,14+,15-,23?/m0/s1. The van der Waals surface area contributed by atoms with E-state index in [1.165, 1.54) is 12.3 Å². The number of nitrogens with one attached hydrogen (secondary N) is 2. The van der Waals surface area contributed by atoms with Crippen LogP contribution in [0.5, 0.6) is 0 Å². The number of hydrogen-bond donors (Lipinski definition) is 3. The Balaban J connectivity index is 2.10. The van der Waals surface area contributed by atoms with E-state index in [-0.39, 0.29) is 41.8 Å². The van der Waals surface area contributed by atoms with Crippen molar-refractivity contribution in [3.8, 4) is 0 Å². The first-order chi connectivity index (χ1) is 14.5. The van der Waals surface area contributed by atoms with Crippen molar-refractivity contribution in [3.05, 3.63) is 24.4 Å². The van der Waals surface area contributed by atoms with Gasteiger partial charge in [-0.2, -0.15) is 0 Å². The Labute approximate surface area is 179 Å². The molecule has 0 saturated carbocycles. The number of rotatable bonds is 9. The summed E-state index contributed by atoms with van der Waals surface area (Å²) in [7, 11) is 1.61. The maximum absolute atomic E-state index is 12.4. The van der Waals surface area contributed by atoms with Gasteiger partial charge in [0.15, 0.2) is 0 Å². The molecule has 0 radical (unpaired) electrons. The molecule has 0 aromatic carbocycles. The average molecular weight is 438 g/mol. The van der Waals surface area contributed by atoms with Crippen LogP contribution in [0.15, 0.2) is 24.4 Å². The lowest BCUT2D eigenvalue weighted by molar-refractivity contribution is -0.781. The summed E-state index contributed by atoms with van der Waals surface area (Å²) in [5.41, 5.74) is 0. The van der Waals surface area contributed by atoms with E-state index in [9.17, 15) is 19.2 Å². The molecule has 11 heteroatoms. The number of nitrogens with zero attached hydrogens (tertiary/aromatic N) is 1. The fraction of sp³-hybridized carbons (Fsp3) is 0.550. The molecular formula is C20H28N3O8+. The second-order valence-corrected chi connectivity index (χ2v) is 7.73. The van der Waals surface area contributed by atoms with Crippen LogP contribution in [-0.2, 0) is 28.6 Å². The van der Waals surface area contributed by atoms with Crippen molar-refractivity contribution in [3.63, 3.8) is 0 Å². The van der Waals surface area contributed by atoms with Gasteiger partial charge in [0.05, 0.1) is 19.1 Å². The minimum Gasteiger partial charge on any atom is -0.478 e. The largest absolute Gasteiger partial charge is 0.478 e. The van der Waals surface area contributed by atoms with Gasteiger partial charge in [0.1, 0.15) is 37.4 Å². The Morgan fingerprint density at radius 2 is 2.13 bits per heavy atom. The molecule has 2 amide bonds. The molecule has 0 bridgehead atoms. The lowest BCUT2D eigenvalue weighted by Gasteiger charge is -2.32. The smallest absolute Gasteiger partial charge is 0.426 e. The number of quaternary nitrogens is 1. The van der Waals surface area contributed by atoms with Crippen LogP contribution < -0.4 is 5.32 Å². The van der Waals surface area contributed by atoms with Crippen molar-refractivity contribution in [1.82, 2.24) is 5.32 Å². The first-order valence-electron chi connectivity index (χ1n) is 9.92. The summed E-state index contributed by atoms with van der Waals surface area (Å²) in [5.74, 6) is -2.80. The summed E-state index contributed by atoms with van der Waals surface area (Å²) in [6, 6.07) is -0.446. The summed E-state index contributed by atoms with van der Waals surface area (Å²) < 4.78 is 16.3. The van der Waals surface area contributed by atoms with Gasteiger partial charge in [0.2, 0.25) is 0 Å². The average Bonchev–Trinajstić information content (AvgIpc) is 3.08. The molecule has 1 unspecified atom stereocenters. The lowest BCUT2D eigenvalue weighted by atomic mass is 10.1. The first-order valence-corrected chi connectivity index (χ1v) is 9.92. The highest BCUT2D eigenvalue weighted by atomic mass is 16.6. The molecule has 2 rings (SSSR count). The summed E-state index contributed by atoms with van der Waals surface area (Å²) in [4.78, 5) is 46.9. The van der Waals surface area contributed by atoms with Gasteiger partial charge in [-0.3, -0.25) is 15.5 Å². The molecule has 170 valence electrons. The van der Waals surface area contributed by atoms with E-state index in [0.717, 1.165) is 6.08 Å². The van der Waals surface area contributed by atoms with Gasteiger partial charge in [-0.25, -0.2) is 18.9 Å². The van der Waals surface area contributed by atoms with Gasteiger partial charge in [-0.1, -0.05) is 13.8 Å². The lowest BCUT2D eigenvalue weighted by Crippen LogP contribution is -2.58. The van der Waals surface area contributed by atoms with Gasteiger partial charge < -0.3 is 19.3 Å². The molecule has 2 aliphatic heterocycles. The van der Waals surface area contributed by atoms with E-state index in [4.69, 9.17) is 24.7 Å². The Morgan fingerprint density at radius 1 is 1.42 bits per heavy atom. The monoisotopic (exact) mass is 438 g/mol. The van der Waals surface area contributed by atoms with Crippen LogP contribution in [0.3, 0.4) is 0 Å². The van der Waals surface area contributed by atoms with Gasteiger partial charge in [-0.15, -0.1) is 0 Å². The number of esters is 2. The molecule has 0 aromatic heterocycles. The summed E-state index contributed by atoms with van der Waals surface area (Å²) in [6.07, 6.45) is 3.22. The number of amides is 2. The number of carbonyl (C=O) groups is 4. The minimum atomic E-state index is -1.29. The van der Waals surface area contributed by atoms with Crippen molar-refractivity contribution >= 4 is 29.8 Å². The number of amidine groups is 1. The van der Waals surface area contributed by atoms with Crippen LogP contribution >= 0.6 is 0 Å². The van der Waals surface area contributed by atoms with Crippen LogP contribution in [0.25, 0.3) is 0 Å². The molecular weight excluding hydrogens is 410 g/mol. The third-order valence-corrected chi connectivity index (χ3v) is 5.17. The van der Waals surface area contributed by atoms with Gasteiger partial charge in [-0.05, 0) is 6.42 Å². The zero-order valence-corrected chi connectivity index (χ0v) is 17.7. The first kappa shape index (κ1) is 24.2. The third kappa shape index (κ3) is 6.72. The zero-order chi connectivity index (χ0) is 23.2. The quantitative estimate of drug-likeness (QED) is 0.273. The Kier molecular flexibility index (Phi) is 8.06. The molecule has 3 N–H and O–H groups in total. The topological polar surface area (TPSA) is 152 Å². The highest BCUT2D eigenvalue weighted by molar-refractivity contribution is 6.01. The maximum Gasteiger partial charge on any atom is 0.426 e. The summed E-state index contributed by atoms with van der Waals surface area (Å²) >= 11 is 0. The fourth-order valence-corrected chi connectivity index (χ4v) is 3.11. The Morgan fingerprint density at radius 3 is 2.74 bits per heavy atom. The fourth-order valence-electron chi connectivity index (χ4n) is 3.11. The van der Waals surface area contributed by atoms with Crippen LogP contribution in [0, 0.1) is 11.3 Å². The molecule has 1 saturated heterocycles. The van der Waals surface area contributed by atoms with E-state index < -0.39 is 36.3 Å². The number of carboxylic acid groups (broad SMARTS) is 1. The number of aliphatic carboxylic acids is 1. The van der Waals surface area contributed by atoms with Crippen molar-refractivity contribution in [2.45, 2.75) is 45.0 Å². The molecule has 1 fully saturated rings. The SMILES string of the molecule is CC[C@H](C)C(=O)OC[C@@H]1C[C@@H](OC(=O)/C=C\C(=O)O)[C@H](C[N+]2(C)C=CC(=N)NC2=O)O1. The zero-order valence-electron chi connectivity index (χ0n) is 17.7. The van der Waals surface area contributed by atoms with Crippen LogP contribution in [0.1, 0.15) is 26.7 Å². The number of urea groups is 1. The summed E-state index contributed by atoms with van der Waals surface area (Å²) in [6.45, 7) is 3.68. The maximum atomic E-state index is 12.4. The van der Waals surface area contributed by atoms with E-state index in [1.54, 1.807) is 14.0 Å². The van der Waals surface area contributed by atoms with Crippen molar-refractivity contribution < 1.29 is 43.0 Å². The number of carboxylic acids is 1. The Hall–Kier alpha value is -3.05. The second kappa shape index (κ2) is 10.3. The molecule has 2 heterocycles. The number of likely N-dealkylation sites (N-methyl/N-ethyl adjacent to an activating group) is 1. The highest BCUT2D eigenvalue weighted by Gasteiger charge is 2.45. The predicted octanol–water partition coefficient (Wildman–Crippen LogP) is 0.947. The highest BCUT2D eigenvalue weighted by Crippen LogP contribution is 2.27. The van der Waals surface area contributed by atoms with Crippen molar-refractivity contribution in [2.24, 2.45) is 5.92 Å². The van der Waals surface area contributed by atoms with E-state index in [2.05, 4.69) is 5.32 Å². The second-order valence-electron chi connectivity index (χ2n) is 7.73. The van der Waals surface area contributed by atoms with Crippen molar-refractivity contribution in [1.29, 1.82) is 5.41 Å². The molecule has 0 spiro atoms. The number of ether oxygens (including phenoxy) is 3. The van der Waals surface area contributed by atoms with Crippen LogP contribution in [0.4, 0.5) is 4.79 Å². The molecule has 5 atom stereocenters. The Bertz CT molecular complexity index is 808. The van der Waals surface area contributed by atoms with Gasteiger partial charge >= 0.3 is 23.9 Å². The van der Waals surface area contributed by atoms with Gasteiger partial charge in [0, 0.05) is 24.6 Å². The normalized spacial score (nSPS) is 28.9. The molecule has 31 heavy (non-hydrogen) atoms. The minimum absolute atomic E-state index is 0.0327. The molecule has 2 aliphatic rings. The van der Waals surface area contributed by atoms with Gasteiger partial charge in [0.25, 0.3) is 0 Å². The third-order valence-electron chi connectivity index (χ3n) is 5.17. The number of hydrogen-bond acceptors (Lipinski definition) is 8. The molecule has 11 nitrogen and oxygen atoms in total. The molecule has 0 aliphatic carbocycles. The van der Waals surface area contributed by atoms with Crippen molar-refractivity contribution in [2.75, 3.05) is 20.2 Å². The predicted molar refractivity (Wildman–Crippen MR) is 107 cm³/mol. The van der Waals surface area contributed by atoms with E-state index in [1.807, 2.05) is 6.92 Å². The van der Waals surface area contributed by atoms with E-state index in [0.29, 0.717) is 12.5 Å².